The normalized spacial score (nSPS) is 15.5. The van der Waals surface area contributed by atoms with Gasteiger partial charge in [-0.15, -0.1) is 24.8 Å². The van der Waals surface area contributed by atoms with Crippen molar-refractivity contribution in [2.45, 2.75) is 19.5 Å². The molecule has 1 aliphatic rings. The number of carbonyl (C=O) groups is 1. The van der Waals surface area contributed by atoms with E-state index in [1.165, 1.54) is 5.56 Å². The number of benzene rings is 3. The number of ether oxygens (including phenoxy) is 1. The molecule has 1 aliphatic heterocycles. The number of fused-ring (bicyclic) bond motifs is 1. The molecule has 172 valence electrons. The largest absolute Gasteiger partial charge is 0.495 e. The Morgan fingerprint density at radius 3 is 2.34 bits per heavy atom. The predicted molar refractivity (Wildman–Crippen MR) is 137 cm³/mol. The van der Waals surface area contributed by atoms with Crippen molar-refractivity contribution in [1.82, 2.24) is 9.80 Å². The highest BCUT2D eigenvalue weighted by atomic mass is 35.5. The third-order valence-electron chi connectivity index (χ3n) is 6.01. The van der Waals surface area contributed by atoms with Crippen LogP contribution in [-0.4, -0.2) is 54.9 Å². The van der Waals surface area contributed by atoms with Crippen molar-refractivity contribution in [2.24, 2.45) is 0 Å². The lowest BCUT2D eigenvalue weighted by Gasteiger charge is -2.37. The van der Waals surface area contributed by atoms with Crippen LogP contribution >= 0.6 is 36.4 Å². The molecule has 0 saturated carbocycles. The summed E-state index contributed by atoms with van der Waals surface area (Å²) >= 11 is 6.41. The molecule has 3 aromatic rings. The summed E-state index contributed by atoms with van der Waals surface area (Å²) in [6.07, 6.45) is 0. The van der Waals surface area contributed by atoms with Gasteiger partial charge in [0.05, 0.1) is 18.2 Å². The Labute approximate surface area is 207 Å². The molecule has 1 fully saturated rings. The van der Waals surface area contributed by atoms with Gasteiger partial charge in [0.2, 0.25) is 0 Å². The van der Waals surface area contributed by atoms with E-state index in [0.717, 1.165) is 49.1 Å². The zero-order valence-corrected chi connectivity index (χ0v) is 20.7. The van der Waals surface area contributed by atoms with Crippen LogP contribution in [-0.2, 0) is 6.54 Å². The third-order valence-corrected chi connectivity index (χ3v) is 6.40. The highest BCUT2D eigenvalue weighted by Gasteiger charge is 2.26. The molecule has 0 spiro atoms. The van der Waals surface area contributed by atoms with Gasteiger partial charge in [-0.1, -0.05) is 60.1 Å². The highest BCUT2D eigenvalue weighted by molar-refractivity contribution is 6.37. The van der Waals surface area contributed by atoms with Gasteiger partial charge in [0.15, 0.2) is 5.78 Å². The number of Topliss-reactive ketones (excluding diaryl/α,β-unsaturated/α-hetero) is 1. The Kier molecular flexibility index (Phi) is 9.81. The SMILES string of the molecule is COc1ccc2cc(C(=O)C(C)N3CCN(Cc4ccccc4)CC3)ccc2c1Cl.Cl.Cl. The summed E-state index contributed by atoms with van der Waals surface area (Å²) in [6.45, 7) is 6.72. The van der Waals surface area contributed by atoms with Gasteiger partial charge in [-0.25, -0.2) is 0 Å². The summed E-state index contributed by atoms with van der Waals surface area (Å²) in [6, 6.07) is 19.9. The maximum absolute atomic E-state index is 13.2. The fourth-order valence-corrected chi connectivity index (χ4v) is 4.45. The number of halogens is 3. The fraction of sp³-hybridized carbons (Fsp3) is 0.320. The van der Waals surface area contributed by atoms with Gasteiger partial charge in [0.25, 0.3) is 0 Å². The number of hydrogen-bond acceptors (Lipinski definition) is 4. The number of hydrogen-bond donors (Lipinski definition) is 0. The molecule has 32 heavy (non-hydrogen) atoms. The highest BCUT2D eigenvalue weighted by Crippen LogP contribution is 2.33. The molecule has 7 heteroatoms. The quantitative estimate of drug-likeness (QED) is 0.409. The molecule has 4 nitrogen and oxygen atoms in total. The van der Waals surface area contributed by atoms with Gasteiger partial charge in [0, 0.05) is 43.7 Å². The number of methoxy groups -OCH3 is 1. The smallest absolute Gasteiger partial charge is 0.179 e. The first kappa shape index (κ1) is 26.4. The number of carbonyl (C=O) groups excluding carboxylic acids is 1. The van der Waals surface area contributed by atoms with Gasteiger partial charge in [-0.3, -0.25) is 14.6 Å². The second-order valence-electron chi connectivity index (χ2n) is 7.86. The van der Waals surface area contributed by atoms with Crippen LogP contribution in [0.25, 0.3) is 10.8 Å². The maximum atomic E-state index is 13.2. The van der Waals surface area contributed by atoms with E-state index in [2.05, 4.69) is 34.1 Å². The Balaban J connectivity index is 0.00000181. The molecule has 1 saturated heterocycles. The molecule has 3 aromatic carbocycles. The second-order valence-corrected chi connectivity index (χ2v) is 8.23. The summed E-state index contributed by atoms with van der Waals surface area (Å²) in [4.78, 5) is 17.9. The first-order valence-corrected chi connectivity index (χ1v) is 10.8. The molecule has 0 bridgehead atoms. The first-order valence-electron chi connectivity index (χ1n) is 10.4. The summed E-state index contributed by atoms with van der Waals surface area (Å²) in [5.74, 6) is 0.797. The number of ketones is 1. The third kappa shape index (κ3) is 5.75. The number of rotatable bonds is 6. The molecule has 0 aromatic heterocycles. The fourth-order valence-electron chi connectivity index (χ4n) is 4.14. The van der Waals surface area contributed by atoms with Crippen molar-refractivity contribution in [2.75, 3.05) is 33.3 Å². The van der Waals surface area contributed by atoms with Gasteiger partial charge in [-0.2, -0.15) is 0 Å². The van der Waals surface area contributed by atoms with Crippen LogP contribution in [0, 0.1) is 0 Å². The van der Waals surface area contributed by atoms with Crippen molar-refractivity contribution < 1.29 is 9.53 Å². The minimum Gasteiger partial charge on any atom is -0.495 e. The molecule has 1 heterocycles. The van der Waals surface area contributed by atoms with Crippen LogP contribution < -0.4 is 4.74 Å². The van der Waals surface area contributed by atoms with E-state index < -0.39 is 0 Å². The predicted octanol–water partition coefficient (Wildman–Crippen LogP) is 5.73. The van der Waals surface area contributed by atoms with Gasteiger partial charge >= 0.3 is 0 Å². The lowest BCUT2D eigenvalue weighted by Crippen LogP contribution is -2.51. The summed E-state index contributed by atoms with van der Waals surface area (Å²) in [5, 5.41) is 2.43. The summed E-state index contributed by atoms with van der Waals surface area (Å²) in [5.41, 5.74) is 2.06. The second kappa shape index (κ2) is 11.9. The van der Waals surface area contributed by atoms with E-state index in [4.69, 9.17) is 16.3 Å². The van der Waals surface area contributed by atoms with Gasteiger partial charge in [0.1, 0.15) is 5.75 Å². The number of piperazine rings is 1. The van der Waals surface area contributed by atoms with E-state index in [9.17, 15) is 4.79 Å². The van der Waals surface area contributed by atoms with Gasteiger partial charge in [-0.05, 0) is 30.0 Å². The van der Waals surface area contributed by atoms with Gasteiger partial charge < -0.3 is 4.74 Å². The molecular weight excluding hydrogens is 467 g/mol. The van der Waals surface area contributed by atoms with Crippen LogP contribution in [0.2, 0.25) is 5.02 Å². The van der Waals surface area contributed by atoms with E-state index in [1.807, 2.05) is 43.3 Å². The molecule has 0 amide bonds. The number of nitrogens with zero attached hydrogens (tertiary/aromatic N) is 2. The zero-order chi connectivity index (χ0) is 21.1. The van der Waals surface area contributed by atoms with Crippen LogP contribution in [0.3, 0.4) is 0 Å². The molecular formula is C25H29Cl3N2O2. The van der Waals surface area contributed by atoms with Crippen molar-refractivity contribution in [3.63, 3.8) is 0 Å². The molecule has 1 atom stereocenters. The topological polar surface area (TPSA) is 32.8 Å². The zero-order valence-electron chi connectivity index (χ0n) is 18.3. The van der Waals surface area contributed by atoms with Crippen molar-refractivity contribution in [3.8, 4) is 5.75 Å². The summed E-state index contributed by atoms with van der Waals surface area (Å²) < 4.78 is 5.28. The van der Waals surface area contributed by atoms with E-state index in [0.29, 0.717) is 10.8 Å². The van der Waals surface area contributed by atoms with Crippen LogP contribution in [0.15, 0.2) is 60.7 Å². The van der Waals surface area contributed by atoms with Crippen LogP contribution in [0.1, 0.15) is 22.8 Å². The first-order chi connectivity index (χ1) is 14.6. The average Bonchev–Trinajstić information content (AvgIpc) is 2.79. The van der Waals surface area contributed by atoms with Crippen LogP contribution in [0.5, 0.6) is 5.75 Å². The minimum atomic E-state index is -0.143. The molecule has 0 radical (unpaired) electrons. The van der Waals surface area contributed by atoms with Crippen molar-refractivity contribution in [3.05, 3.63) is 76.8 Å². The average molecular weight is 496 g/mol. The molecule has 0 aliphatic carbocycles. The van der Waals surface area contributed by atoms with E-state index in [1.54, 1.807) is 7.11 Å². The summed E-state index contributed by atoms with van der Waals surface area (Å²) in [7, 11) is 1.60. The Morgan fingerprint density at radius 1 is 1.00 bits per heavy atom. The van der Waals surface area contributed by atoms with E-state index in [-0.39, 0.29) is 36.6 Å². The maximum Gasteiger partial charge on any atom is 0.179 e. The Morgan fingerprint density at radius 2 is 1.69 bits per heavy atom. The lowest BCUT2D eigenvalue weighted by molar-refractivity contribution is 0.0687. The molecule has 0 N–H and O–H groups in total. The van der Waals surface area contributed by atoms with Crippen LogP contribution in [0.4, 0.5) is 0 Å². The standard InChI is InChI=1S/C25H27ClN2O2.2ClH/c1-18(28-14-12-27(13-15-28)17-19-6-4-3-5-7-19)25(29)21-8-10-22-20(16-21)9-11-23(30-2)24(22)26;;/h3-11,16,18H,12-15,17H2,1-2H3;2*1H. The molecule has 4 rings (SSSR count). The monoisotopic (exact) mass is 494 g/mol. The van der Waals surface area contributed by atoms with E-state index >= 15 is 0 Å². The molecule has 1 unspecified atom stereocenters. The Hall–Kier alpha value is -1.82. The van der Waals surface area contributed by atoms with Crippen molar-refractivity contribution >= 4 is 53.0 Å². The lowest BCUT2D eigenvalue weighted by atomic mass is 9.99. The minimum absolute atomic E-state index is 0. The Bertz CT molecular complexity index is 1040. The van der Waals surface area contributed by atoms with Crippen molar-refractivity contribution in [1.29, 1.82) is 0 Å².